The average Bonchev–Trinajstić information content (AvgIpc) is 2.35. The molecule has 0 saturated carbocycles. The van der Waals surface area contributed by atoms with Crippen LogP contribution in [-0.2, 0) is 17.6 Å². The number of hydrogen-bond donors (Lipinski definition) is 0. The van der Waals surface area contributed by atoms with Gasteiger partial charge in [-0.1, -0.05) is 30.3 Å². The van der Waals surface area contributed by atoms with Gasteiger partial charge in [-0.2, -0.15) is 0 Å². The molecule has 0 radical (unpaired) electrons. The van der Waals surface area contributed by atoms with E-state index in [1.165, 1.54) is 0 Å². The van der Waals surface area contributed by atoms with E-state index >= 15 is 0 Å². The first-order chi connectivity index (χ1) is 8.65. The van der Waals surface area contributed by atoms with Gasteiger partial charge in [0, 0.05) is 12.8 Å². The van der Waals surface area contributed by atoms with Crippen LogP contribution in [0.4, 0.5) is 8.78 Å². The van der Waals surface area contributed by atoms with Gasteiger partial charge < -0.3 is 0 Å². The minimum atomic E-state index is -0.544. The van der Waals surface area contributed by atoms with Crippen LogP contribution < -0.4 is 0 Å². The highest BCUT2D eigenvalue weighted by Crippen LogP contribution is 2.12. The molecule has 0 unspecified atom stereocenters. The van der Waals surface area contributed by atoms with Crippen molar-refractivity contribution in [3.8, 4) is 0 Å². The Morgan fingerprint density at radius 3 is 2.39 bits per heavy atom. The van der Waals surface area contributed by atoms with Crippen LogP contribution in [0.3, 0.4) is 0 Å². The minimum Gasteiger partial charge on any atom is -0.299 e. The Morgan fingerprint density at radius 1 is 0.944 bits per heavy atom. The van der Waals surface area contributed by atoms with Gasteiger partial charge in [0.15, 0.2) is 0 Å². The fourth-order valence-electron chi connectivity index (χ4n) is 1.78. The van der Waals surface area contributed by atoms with Gasteiger partial charge >= 0.3 is 0 Å². The molecule has 2 aromatic carbocycles. The van der Waals surface area contributed by atoms with E-state index < -0.39 is 11.6 Å². The Morgan fingerprint density at radius 2 is 1.67 bits per heavy atom. The molecule has 0 aliphatic rings. The molecule has 0 heterocycles. The lowest BCUT2D eigenvalue weighted by molar-refractivity contribution is -0.117. The summed E-state index contributed by atoms with van der Waals surface area (Å²) in [6, 6.07) is 12.4. The van der Waals surface area contributed by atoms with E-state index in [4.69, 9.17) is 0 Å². The third-order valence-corrected chi connectivity index (χ3v) is 2.64. The summed E-state index contributed by atoms with van der Waals surface area (Å²) >= 11 is 0. The second kappa shape index (κ2) is 5.54. The number of halogens is 2. The molecule has 2 aromatic rings. The van der Waals surface area contributed by atoms with Crippen molar-refractivity contribution in [1.29, 1.82) is 0 Å². The van der Waals surface area contributed by atoms with Crippen LogP contribution in [0.15, 0.2) is 48.5 Å². The number of ketones is 1. The molecular formula is C15H12F2O. The van der Waals surface area contributed by atoms with E-state index in [0.29, 0.717) is 0 Å². The fraction of sp³-hybridized carbons (Fsp3) is 0.133. The smallest absolute Gasteiger partial charge is 0.141 e. The molecule has 2 rings (SSSR count). The average molecular weight is 246 g/mol. The van der Waals surface area contributed by atoms with Gasteiger partial charge in [-0.3, -0.25) is 4.79 Å². The first kappa shape index (κ1) is 12.4. The highest BCUT2D eigenvalue weighted by Gasteiger charge is 2.10. The van der Waals surface area contributed by atoms with Crippen molar-refractivity contribution in [3.05, 3.63) is 71.3 Å². The number of hydrogen-bond acceptors (Lipinski definition) is 1. The van der Waals surface area contributed by atoms with Crippen molar-refractivity contribution < 1.29 is 13.6 Å². The second-order valence-electron chi connectivity index (χ2n) is 4.11. The number of carbonyl (C=O) groups excluding carboxylic acids is 1. The van der Waals surface area contributed by atoms with Crippen LogP contribution in [0.1, 0.15) is 11.1 Å². The molecule has 3 heteroatoms. The highest BCUT2D eigenvalue weighted by atomic mass is 19.1. The highest BCUT2D eigenvalue weighted by molar-refractivity contribution is 5.83. The maximum absolute atomic E-state index is 13.3. The first-order valence-electron chi connectivity index (χ1n) is 5.65. The van der Waals surface area contributed by atoms with E-state index in [1.54, 1.807) is 0 Å². The van der Waals surface area contributed by atoms with E-state index in [1.807, 2.05) is 30.3 Å². The van der Waals surface area contributed by atoms with Crippen molar-refractivity contribution in [2.45, 2.75) is 12.8 Å². The molecule has 0 amide bonds. The minimum absolute atomic E-state index is 0.0848. The zero-order valence-electron chi connectivity index (χ0n) is 9.70. The van der Waals surface area contributed by atoms with Gasteiger partial charge in [0.25, 0.3) is 0 Å². The fourth-order valence-corrected chi connectivity index (χ4v) is 1.78. The van der Waals surface area contributed by atoms with Crippen LogP contribution in [0, 0.1) is 11.6 Å². The van der Waals surface area contributed by atoms with Gasteiger partial charge in [-0.15, -0.1) is 0 Å². The monoisotopic (exact) mass is 246 g/mol. The summed E-state index contributed by atoms with van der Waals surface area (Å²) < 4.78 is 26.3. The third kappa shape index (κ3) is 3.23. The van der Waals surface area contributed by atoms with Gasteiger partial charge in [0.1, 0.15) is 17.4 Å². The van der Waals surface area contributed by atoms with Crippen LogP contribution in [0.25, 0.3) is 0 Å². The first-order valence-corrected chi connectivity index (χ1v) is 5.65. The van der Waals surface area contributed by atoms with Crippen LogP contribution in [0.2, 0.25) is 0 Å². The van der Waals surface area contributed by atoms with Crippen molar-refractivity contribution >= 4 is 5.78 Å². The topological polar surface area (TPSA) is 17.1 Å². The lowest BCUT2D eigenvalue weighted by Gasteiger charge is -2.03. The molecule has 92 valence electrons. The van der Waals surface area contributed by atoms with Gasteiger partial charge in [0.2, 0.25) is 0 Å². The standard InChI is InChI=1S/C15H12F2O/c16-13-6-7-15(17)12(9-13)10-14(18)8-11-4-2-1-3-5-11/h1-7,9H,8,10H2. The molecule has 0 aliphatic heterocycles. The second-order valence-corrected chi connectivity index (χ2v) is 4.11. The largest absolute Gasteiger partial charge is 0.299 e. The van der Waals surface area contributed by atoms with Gasteiger partial charge in [-0.05, 0) is 29.3 Å². The Balaban J connectivity index is 2.05. The molecule has 0 aliphatic carbocycles. The van der Waals surface area contributed by atoms with Crippen LogP contribution >= 0.6 is 0 Å². The molecule has 0 saturated heterocycles. The summed E-state index contributed by atoms with van der Waals surface area (Å²) in [6.07, 6.45) is 0.148. The van der Waals surface area contributed by atoms with Crippen molar-refractivity contribution in [2.24, 2.45) is 0 Å². The maximum Gasteiger partial charge on any atom is 0.141 e. The van der Waals surface area contributed by atoms with Gasteiger partial charge in [0.05, 0.1) is 0 Å². The third-order valence-electron chi connectivity index (χ3n) is 2.64. The van der Waals surface area contributed by atoms with Crippen molar-refractivity contribution in [3.63, 3.8) is 0 Å². The molecule has 18 heavy (non-hydrogen) atoms. The summed E-state index contributed by atoms with van der Waals surface area (Å²) in [6.45, 7) is 0. The predicted octanol–water partition coefficient (Wildman–Crippen LogP) is 3.32. The molecule has 0 N–H and O–H groups in total. The molecule has 0 aromatic heterocycles. The quantitative estimate of drug-likeness (QED) is 0.808. The van der Waals surface area contributed by atoms with E-state index in [0.717, 1.165) is 23.8 Å². The molecular weight excluding hydrogens is 234 g/mol. The summed E-state index contributed by atoms with van der Waals surface area (Å²) in [7, 11) is 0. The Labute approximate surface area is 104 Å². The zero-order chi connectivity index (χ0) is 13.0. The Kier molecular flexibility index (Phi) is 3.82. The molecule has 0 atom stereocenters. The van der Waals surface area contributed by atoms with E-state index in [-0.39, 0.29) is 24.2 Å². The van der Waals surface area contributed by atoms with Crippen LogP contribution in [0.5, 0.6) is 0 Å². The Hall–Kier alpha value is -2.03. The number of benzene rings is 2. The molecule has 1 nitrogen and oxygen atoms in total. The van der Waals surface area contributed by atoms with Crippen LogP contribution in [-0.4, -0.2) is 5.78 Å². The van der Waals surface area contributed by atoms with E-state index in [2.05, 4.69) is 0 Å². The van der Waals surface area contributed by atoms with E-state index in [9.17, 15) is 13.6 Å². The summed E-state index contributed by atoms with van der Waals surface area (Å²) in [4.78, 5) is 11.8. The summed E-state index contributed by atoms with van der Waals surface area (Å²) in [5.74, 6) is -1.21. The molecule has 0 spiro atoms. The van der Waals surface area contributed by atoms with Crippen molar-refractivity contribution in [1.82, 2.24) is 0 Å². The number of Topliss-reactive ketones (excluding diaryl/α,β-unsaturated/α-hetero) is 1. The van der Waals surface area contributed by atoms with Crippen molar-refractivity contribution in [2.75, 3.05) is 0 Å². The predicted molar refractivity (Wildman–Crippen MR) is 65.2 cm³/mol. The maximum atomic E-state index is 13.3. The zero-order valence-corrected chi connectivity index (χ0v) is 9.70. The summed E-state index contributed by atoms with van der Waals surface area (Å²) in [5.41, 5.74) is 0.982. The lowest BCUT2D eigenvalue weighted by atomic mass is 10.0. The van der Waals surface area contributed by atoms with Gasteiger partial charge in [-0.25, -0.2) is 8.78 Å². The lowest BCUT2D eigenvalue weighted by Crippen LogP contribution is -2.08. The normalized spacial score (nSPS) is 10.3. The Bertz CT molecular complexity index is 550. The number of rotatable bonds is 4. The molecule has 0 bridgehead atoms. The number of carbonyl (C=O) groups is 1. The SMILES string of the molecule is O=C(Cc1ccccc1)Cc1cc(F)ccc1F. The summed E-state index contributed by atoms with van der Waals surface area (Å²) in [5, 5.41) is 0. The molecule has 0 fully saturated rings.